The first-order valence-electron chi connectivity index (χ1n) is 7.33. The van der Waals surface area contributed by atoms with Crippen molar-refractivity contribution in [3.05, 3.63) is 35.0 Å². The Hall–Kier alpha value is -1.75. The number of likely N-dealkylation sites (tertiary alicyclic amines) is 1. The molecule has 5 heteroatoms. The molecule has 0 saturated carbocycles. The first-order chi connectivity index (χ1) is 10.1. The summed E-state index contributed by atoms with van der Waals surface area (Å²) < 4.78 is 0. The average molecular weight is 301 g/mol. The van der Waals surface area contributed by atoms with Crippen molar-refractivity contribution in [2.75, 3.05) is 13.1 Å². The molecular formula is C16H19N3OS. The Balaban J connectivity index is 1.86. The van der Waals surface area contributed by atoms with E-state index >= 15 is 0 Å². The molecule has 1 amide bonds. The number of hydrogen-bond donors (Lipinski definition) is 0. The highest BCUT2D eigenvalue weighted by Crippen LogP contribution is 2.28. The van der Waals surface area contributed by atoms with Crippen molar-refractivity contribution >= 4 is 17.2 Å². The number of piperidine rings is 1. The predicted molar refractivity (Wildman–Crippen MR) is 84.4 cm³/mol. The fourth-order valence-corrected chi connectivity index (χ4v) is 3.72. The van der Waals surface area contributed by atoms with E-state index in [0.29, 0.717) is 5.92 Å². The van der Waals surface area contributed by atoms with Crippen LogP contribution in [0, 0.1) is 12.8 Å². The van der Waals surface area contributed by atoms with E-state index < -0.39 is 0 Å². The molecule has 21 heavy (non-hydrogen) atoms. The quantitative estimate of drug-likeness (QED) is 0.854. The van der Waals surface area contributed by atoms with E-state index in [0.717, 1.165) is 40.8 Å². The van der Waals surface area contributed by atoms with E-state index in [9.17, 15) is 4.79 Å². The summed E-state index contributed by atoms with van der Waals surface area (Å²) in [7, 11) is 0. The lowest BCUT2D eigenvalue weighted by molar-refractivity contribution is 0.0687. The van der Waals surface area contributed by atoms with Crippen molar-refractivity contribution in [2.45, 2.75) is 26.7 Å². The lowest BCUT2D eigenvalue weighted by Crippen LogP contribution is -2.39. The Kier molecular flexibility index (Phi) is 4.01. The molecule has 2 aromatic rings. The van der Waals surface area contributed by atoms with Crippen molar-refractivity contribution in [2.24, 2.45) is 5.92 Å². The number of hydrogen-bond acceptors (Lipinski definition) is 4. The number of aryl methyl sites for hydroxylation is 1. The number of pyridine rings is 1. The first kappa shape index (κ1) is 14.2. The van der Waals surface area contributed by atoms with Crippen molar-refractivity contribution in [3.63, 3.8) is 0 Å². The Morgan fingerprint density at radius 2 is 2.29 bits per heavy atom. The van der Waals surface area contributed by atoms with Gasteiger partial charge in [-0.1, -0.05) is 13.0 Å². The largest absolute Gasteiger partial charge is 0.338 e. The van der Waals surface area contributed by atoms with E-state index in [2.05, 4.69) is 16.9 Å². The molecule has 0 N–H and O–H groups in total. The van der Waals surface area contributed by atoms with Gasteiger partial charge in [-0.05, 0) is 37.8 Å². The van der Waals surface area contributed by atoms with Crippen LogP contribution in [0.1, 0.15) is 35.1 Å². The number of aromatic nitrogens is 2. The highest BCUT2D eigenvalue weighted by Gasteiger charge is 2.25. The molecule has 110 valence electrons. The minimum atomic E-state index is 0.124. The van der Waals surface area contributed by atoms with E-state index in [1.54, 1.807) is 6.20 Å². The number of rotatable bonds is 2. The molecule has 0 aliphatic carbocycles. The second-order valence-electron chi connectivity index (χ2n) is 5.65. The summed E-state index contributed by atoms with van der Waals surface area (Å²) in [6.45, 7) is 5.83. The molecule has 0 radical (unpaired) electrons. The predicted octanol–water partition coefficient (Wildman–Crippen LogP) is 3.39. The van der Waals surface area contributed by atoms with Gasteiger partial charge in [-0.15, -0.1) is 11.3 Å². The van der Waals surface area contributed by atoms with Gasteiger partial charge in [0.15, 0.2) is 0 Å². The minimum absolute atomic E-state index is 0.124. The molecule has 0 aromatic carbocycles. The third kappa shape index (κ3) is 2.97. The van der Waals surface area contributed by atoms with Gasteiger partial charge in [-0.2, -0.15) is 0 Å². The molecular weight excluding hydrogens is 282 g/mol. The minimum Gasteiger partial charge on any atom is -0.338 e. The lowest BCUT2D eigenvalue weighted by atomic mass is 10.0. The molecule has 1 saturated heterocycles. The number of carbonyl (C=O) groups is 1. The Bertz CT molecular complexity index is 638. The summed E-state index contributed by atoms with van der Waals surface area (Å²) in [5, 5.41) is 0.821. The molecule has 2 aromatic heterocycles. The third-order valence-electron chi connectivity index (χ3n) is 3.82. The van der Waals surface area contributed by atoms with Crippen LogP contribution in [0.5, 0.6) is 0 Å². The molecule has 3 rings (SSSR count). The fourth-order valence-electron chi connectivity index (χ4n) is 2.71. The Morgan fingerprint density at radius 3 is 3.00 bits per heavy atom. The zero-order chi connectivity index (χ0) is 14.8. The van der Waals surface area contributed by atoms with Crippen LogP contribution in [0.2, 0.25) is 0 Å². The van der Waals surface area contributed by atoms with Crippen molar-refractivity contribution < 1.29 is 4.79 Å². The number of thiazole rings is 1. The van der Waals surface area contributed by atoms with Gasteiger partial charge < -0.3 is 4.90 Å². The van der Waals surface area contributed by atoms with Gasteiger partial charge in [-0.3, -0.25) is 9.78 Å². The fraction of sp³-hybridized carbons (Fsp3) is 0.438. The van der Waals surface area contributed by atoms with Crippen LogP contribution in [0.3, 0.4) is 0 Å². The van der Waals surface area contributed by atoms with Gasteiger partial charge in [0.2, 0.25) is 0 Å². The molecule has 0 spiro atoms. The van der Waals surface area contributed by atoms with Crippen LogP contribution in [0.25, 0.3) is 10.7 Å². The smallest absolute Gasteiger partial charge is 0.265 e. The van der Waals surface area contributed by atoms with E-state index in [4.69, 9.17) is 0 Å². The van der Waals surface area contributed by atoms with Crippen LogP contribution < -0.4 is 0 Å². The van der Waals surface area contributed by atoms with Crippen LogP contribution in [0.4, 0.5) is 0 Å². The first-order valence-corrected chi connectivity index (χ1v) is 8.15. The third-order valence-corrected chi connectivity index (χ3v) is 4.99. The van der Waals surface area contributed by atoms with Gasteiger partial charge in [-0.25, -0.2) is 4.98 Å². The second kappa shape index (κ2) is 5.93. The monoisotopic (exact) mass is 301 g/mol. The summed E-state index contributed by atoms with van der Waals surface area (Å²) in [5.41, 5.74) is 1.64. The van der Waals surface area contributed by atoms with Gasteiger partial charge in [0.05, 0.1) is 11.4 Å². The van der Waals surface area contributed by atoms with Crippen molar-refractivity contribution in [1.29, 1.82) is 0 Å². The standard InChI is InChI=1S/C16H19N3OS/c1-11-6-5-9-19(10-11)16(20)14-12(2)18-15(21-14)13-7-3-4-8-17-13/h3-4,7-8,11H,5-6,9-10H2,1-2H3/t11-/m0/s1. The van der Waals surface area contributed by atoms with Gasteiger partial charge in [0.25, 0.3) is 5.91 Å². The number of carbonyl (C=O) groups excluding carboxylic acids is 1. The van der Waals surface area contributed by atoms with Crippen molar-refractivity contribution in [3.8, 4) is 10.7 Å². The molecule has 0 bridgehead atoms. The topological polar surface area (TPSA) is 46.1 Å². The highest BCUT2D eigenvalue weighted by atomic mass is 32.1. The van der Waals surface area contributed by atoms with Crippen molar-refractivity contribution in [1.82, 2.24) is 14.9 Å². The highest BCUT2D eigenvalue weighted by molar-refractivity contribution is 7.17. The summed E-state index contributed by atoms with van der Waals surface area (Å²) in [4.78, 5) is 24.2. The SMILES string of the molecule is Cc1nc(-c2ccccn2)sc1C(=O)N1CCC[C@H](C)C1. The summed E-state index contributed by atoms with van der Waals surface area (Å²) >= 11 is 1.45. The van der Waals surface area contributed by atoms with Gasteiger partial charge in [0.1, 0.15) is 9.88 Å². The zero-order valence-corrected chi connectivity index (χ0v) is 13.2. The molecule has 1 aliphatic rings. The summed E-state index contributed by atoms with van der Waals surface area (Å²) in [5.74, 6) is 0.713. The Labute approximate surface area is 128 Å². The normalized spacial score (nSPS) is 18.8. The molecule has 1 fully saturated rings. The Morgan fingerprint density at radius 1 is 1.43 bits per heavy atom. The average Bonchev–Trinajstić information content (AvgIpc) is 2.89. The van der Waals surface area contributed by atoms with Gasteiger partial charge in [0, 0.05) is 19.3 Å². The summed E-state index contributed by atoms with van der Waals surface area (Å²) in [6.07, 6.45) is 4.06. The second-order valence-corrected chi connectivity index (χ2v) is 6.65. The molecule has 4 nitrogen and oxygen atoms in total. The lowest BCUT2D eigenvalue weighted by Gasteiger charge is -2.30. The molecule has 3 heterocycles. The van der Waals surface area contributed by atoms with Crippen LogP contribution in [0.15, 0.2) is 24.4 Å². The maximum Gasteiger partial charge on any atom is 0.265 e. The number of nitrogens with zero attached hydrogens (tertiary/aromatic N) is 3. The van der Waals surface area contributed by atoms with Crippen LogP contribution in [-0.2, 0) is 0 Å². The van der Waals surface area contributed by atoms with Gasteiger partial charge >= 0.3 is 0 Å². The maximum atomic E-state index is 12.7. The van der Waals surface area contributed by atoms with E-state index in [-0.39, 0.29) is 5.91 Å². The summed E-state index contributed by atoms with van der Waals surface area (Å²) in [6, 6.07) is 5.74. The van der Waals surface area contributed by atoms with E-state index in [1.165, 1.54) is 17.8 Å². The molecule has 0 unspecified atom stereocenters. The van der Waals surface area contributed by atoms with Crippen LogP contribution in [-0.4, -0.2) is 33.9 Å². The maximum absolute atomic E-state index is 12.7. The van der Waals surface area contributed by atoms with Crippen LogP contribution >= 0.6 is 11.3 Å². The van der Waals surface area contributed by atoms with E-state index in [1.807, 2.05) is 30.0 Å². The zero-order valence-electron chi connectivity index (χ0n) is 12.4. The number of amides is 1. The molecule has 1 atom stereocenters. The molecule has 1 aliphatic heterocycles.